The van der Waals surface area contributed by atoms with Gasteiger partial charge in [-0.1, -0.05) is 168 Å². The Hall–Kier alpha value is -7.16. The Morgan fingerprint density at radius 1 is 0.259 bits per heavy atom. The van der Waals surface area contributed by atoms with Gasteiger partial charge in [-0.05, 0) is 134 Å². The molecule has 8 aromatic rings. The van der Waals surface area contributed by atoms with Crippen LogP contribution in [-0.2, 0) is 0 Å². The molecule has 0 heterocycles. The topological polar surface area (TPSA) is 6.48 Å². The lowest BCUT2D eigenvalue weighted by Crippen LogP contribution is -2.09. The molecule has 0 fully saturated rings. The molecule has 282 valence electrons. The molecule has 0 aliphatic rings. The van der Waals surface area contributed by atoms with Crippen molar-refractivity contribution >= 4 is 58.4 Å². The van der Waals surface area contributed by atoms with Crippen LogP contribution in [0, 0.1) is 27.7 Å². The highest BCUT2D eigenvalue weighted by molar-refractivity contribution is 5.88. The van der Waals surface area contributed by atoms with E-state index in [0.717, 1.165) is 45.3 Å². The first kappa shape index (κ1) is 37.7. The molecule has 0 unspecified atom stereocenters. The molecule has 8 rings (SSSR count). The van der Waals surface area contributed by atoms with Crippen LogP contribution < -0.4 is 9.80 Å². The summed E-state index contributed by atoms with van der Waals surface area (Å²) < 4.78 is 0. The molecule has 2 heteroatoms. The van der Waals surface area contributed by atoms with Crippen LogP contribution in [0.4, 0.5) is 34.1 Å². The third-order valence-electron chi connectivity index (χ3n) is 10.6. The normalized spacial score (nSPS) is 11.3. The average molecular weight is 749 g/mol. The van der Waals surface area contributed by atoms with Crippen molar-refractivity contribution in [1.82, 2.24) is 0 Å². The molecule has 0 amide bonds. The van der Waals surface area contributed by atoms with Crippen molar-refractivity contribution in [3.8, 4) is 11.1 Å². The molecule has 0 bridgehead atoms. The third kappa shape index (κ3) is 8.78. The Kier molecular flexibility index (Phi) is 11.3. The van der Waals surface area contributed by atoms with Gasteiger partial charge in [0.05, 0.1) is 0 Å². The van der Waals surface area contributed by atoms with E-state index in [-0.39, 0.29) is 0 Å². The smallest absolute Gasteiger partial charge is 0.0462 e. The molecule has 0 aromatic heterocycles. The maximum atomic E-state index is 2.31. The fourth-order valence-electron chi connectivity index (χ4n) is 7.29. The lowest BCUT2D eigenvalue weighted by atomic mass is 9.94. The quantitative estimate of drug-likeness (QED) is 0.122. The van der Waals surface area contributed by atoms with E-state index in [1.54, 1.807) is 0 Å². The first-order valence-electron chi connectivity index (χ1n) is 20.0. The molecule has 0 spiro atoms. The average Bonchev–Trinajstić information content (AvgIpc) is 3.26. The van der Waals surface area contributed by atoms with Crippen molar-refractivity contribution in [2.24, 2.45) is 0 Å². The number of hydrogen-bond donors (Lipinski definition) is 0. The van der Waals surface area contributed by atoms with Gasteiger partial charge in [-0.3, -0.25) is 0 Å². The minimum atomic E-state index is 1.12. The van der Waals surface area contributed by atoms with Crippen LogP contribution in [-0.4, -0.2) is 0 Å². The zero-order valence-electron chi connectivity index (χ0n) is 33.7. The monoisotopic (exact) mass is 748 g/mol. The molecule has 0 aliphatic heterocycles. The Labute approximate surface area is 344 Å². The second-order valence-corrected chi connectivity index (χ2v) is 15.0. The first-order chi connectivity index (χ1) is 28.4. The summed E-state index contributed by atoms with van der Waals surface area (Å²) in [5.41, 5.74) is 18.8. The zero-order valence-corrected chi connectivity index (χ0v) is 33.7. The third-order valence-corrected chi connectivity index (χ3v) is 10.6. The molecule has 2 nitrogen and oxygen atoms in total. The summed E-state index contributed by atoms with van der Waals surface area (Å²) in [6.45, 7) is 8.51. The molecule has 0 aliphatic carbocycles. The lowest BCUT2D eigenvalue weighted by Gasteiger charge is -2.26. The van der Waals surface area contributed by atoms with E-state index in [9.17, 15) is 0 Å². The maximum absolute atomic E-state index is 2.31. The van der Waals surface area contributed by atoms with Crippen LogP contribution >= 0.6 is 0 Å². The van der Waals surface area contributed by atoms with Crippen molar-refractivity contribution in [2.45, 2.75) is 27.7 Å². The van der Waals surface area contributed by atoms with Crippen LogP contribution in [0.5, 0.6) is 0 Å². The molecule has 0 atom stereocenters. The maximum Gasteiger partial charge on any atom is 0.0462 e. The zero-order chi connectivity index (χ0) is 39.8. The van der Waals surface area contributed by atoms with Gasteiger partial charge < -0.3 is 9.80 Å². The van der Waals surface area contributed by atoms with Gasteiger partial charge in [0.15, 0.2) is 0 Å². The van der Waals surface area contributed by atoms with Crippen LogP contribution in [0.15, 0.2) is 194 Å². The Balaban J connectivity index is 1.03. The van der Waals surface area contributed by atoms with Crippen molar-refractivity contribution in [2.75, 3.05) is 9.80 Å². The highest BCUT2D eigenvalue weighted by Crippen LogP contribution is 2.37. The number of anilines is 6. The lowest BCUT2D eigenvalue weighted by molar-refractivity contribution is 1.27. The summed E-state index contributed by atoms with van der Waals surface area (Å²) in [5.74, 6) is 0. The minimum absolute atomic E-state index is 1.12. The predicted molar refractivity (Wildman–Crippen MR) is 251 cm³/mol. The first-order valence-corrected chi connectivity index (χ1v) is 20.0. The van der Waals surface area contributed by atoms with E-state index in [0.29, 0.717) is 0 Å². The van der Waals surface area contributed by atoms with E-state index in [2.05, 4.69) is 256 Å². The van der Waals surface area contributed by atoms with Crippen LogP contribution in [0.1, 0.15) is 44.5 Å². The Morgan fingerprint density at radius 2 is 0.500 bits per heavy atom. The number of benzene rings is 8. The summed E-state index contributed by atoms with van der Waals surface area (Å²) in [6, 6.07) is 69.8. The fourth-order valence-corrected chi connectivity index (χ4v) is 7.29. The fraction of sp³-hybridized carbons (Fsp3) is 0.0714. The molecule has 0 saturated carbocycles. The van der Waals surface area contributed by atoms with E-state index < -0.39 is 0 Å². The molecular weight excluding hydrogens is 701 g/mol. The van der Waals surface area contributed by atoms with Crippen molar-refractivity contribution in [3.63, 3.8) is 0 Å². The minimum Gasteiger partial charge on any atom is -0.311 e. The summed E-state index contributed by atoms with van der Waals surface area (Å²) in [4.78, 5) is 4.62. The van der Waals surface area contributed by atoms with Gasteiger partial charge in [0.25, 0.3) is 0 Å². The largest absolute Gasteiger partial charge is 0.311 e. The van der Waals surface area contributed by atoms with Gasteiger partial charge in [0.1, 0.15) is 0 Å². The van der Waals surface area contributed by atoms with E-state index in [1.165, 1.54) is 44.5 Å². The van der Waals surface area contributed by atoms with E-state index in [4.69, 9.17) is 0 Å². The Bertz CT molecular complexity index is 2370. The highest BCUT2D eigenvalue weighted by atomic mass is 15.1. The Morgan fingerprint density at radius 3 is 0.776 bits per heavy atom. The summed E-state index contributed by atoms with van der Waals surface area (Å²) in [6.07, 6.45) is 8.88. The van der Waals surface area contributed by atoms with Crippen LogP contribution in [0.2, 0.25) is 0 Å². The SMILES string of the molecule is Cc1ccc(N(c2ccc(C)cc2)c2ccc(/C=C/c3ccccc3-c3ccccc3/C=C/c3ccc(N(c4ccc(C)cc4)c4ccc(C)cc4)cc3)cc2)cc1. The molecule has 8 aromatic carbocycles. The number of nitrogens with zero attached hydrogens (tertiary/aromatic N) is 2. The molecule has 58 heavy (non-hydrogen) atoms. The predicted octanol–water partition coefficient (Wildman–Crippen LogP) is 15.9. The summed E-state index contributed by atoms with van der Waals surface area (Å²) in [5, 5.41) is 0. The van der Waals surface area contributed by atoms with E-state index >= 15 is 0 Å². The number of rotatable bonds is 11. The van der Waals surface area contributed by atoms with Crippen LogP contribution in [0.25, 0.3) is 35.4 Å². The highest BCUT2D eigenvalue weighted by Gasteiger charge is 2.14. The second-order valence-electron chi connectivity index (χ2n) is 15.0. The molecular formula is C56H48N2. The van der Waals surface area contributed by atoms with Crippen molar-refractivity contribution in [1.29, 1.82) is 0 Å². The van der Waals surface area contributed by atoms with Gasteiger partial charge in [0, 0.05) is 34.1 Å². The van der Waals surface area contributed by atoms with Crippen molar-refractivity contribution in [3.05, 3.63) is 239 Å². The number of aryl methyl sites for hydroxylation is 4. The van der Waals surface area contributed by atoms with Gasteiger partial charge in [-0.15, -0.1) is 0 Å². The van der Waals surface area contributed by atoms with Gasteiger partial charge >= 0.3 is 0 Å². The van der Waals surface area contributed by atoms with Crippen LogP contribution in [0.3, 0.4) is 0 Å². The number of hydrogen-bond acceptors (Lipinski definition) is 2. The van der Waals surface area contributed by atoms with E-state index in [1.807, 2.05) is 0 Å². The van der Waals surface area contributed by atoms with Gasteiger partial charge in [0.2, 0.25) is 0 Å². The molecule has 0 N–H and O–H groups in total. The summed E-state index contributed by atoms with van der Waals surface area (Å²) in [7, 11) is 0. The van der Waals surface area contributed by atoms with Crippen molar-refractivity contribution < 1.29 is 0 Å². The molecule has 0 radical (unpaired) electrons. The second kappa shape index (κ2) is 17.3. The standard InChI is InChI=1S/C56H48N2/c1-41-13-29-49(30-14-41)57(50-31-15-42(2)16-32-50)53-37-23-45(24-38-53)21-27-47-9-5-7-11-55(47)56-12-8-6-10-48(56)28-22-46-25-39-54(40-26-46)58(51-33-17-43(3)18-34-51)52-35-19-44(4)20-36-52/h5-40H,1-4H3/b27-21+,28-22+. The molecule has 0 saturated heterocycles. The van der Waals surface area contributed by atoms with Gasteiger partial charge in [-0.2, -0.15) is 0 Å². The summed E-state index contributed by atoms with van der Waals surface area (Å²) >= 11 is 0. The van der Waals surface area contributed by atoms with Gasteiger partial charge in [-0.25, -0.2) is 0 Å².